The molecule has 1 aromatic rings. The largest absolute Gasteiger partial charge is 0.480 e. The zero-order valence-electron chi connectivity index (χ0n) is 11.4. The van der Waals surface area contributed by atoms with Crippen LogP contribution in [0.5, 0.6) is 0 Å². The van der Waals surface area contributed by atoms with E-state index < -0.39 is 11.9 Å². The molecule has 0 fully saturated rings. The van der Waals surface area contributed by atoms with Crippen LogP contribution in [0.25, 0.3) is 0 Å². The Morgan fingerprint density at radius 3 is 1.84 bits per heavy atom. The van der Waals surface area contributed by atoms with E-state index in [0.29, 0.717) is 0 Å². The Hall–Kier alpha value is -1.88. The van der Waals surface area contributed by atoms with Crippen LogP contribution in [0.1, 0.15) is 29.7 Å². The van der Waals surface area contributed by atoms with Crippen molar-refractivity contribution in [1.82, 2.24) is 4.90 Å². The molecule has 0 saturated carbocycles. The van der Waals surface area contributed by atoms with Gasteiger partial charge >= 0.3 is 11.9 Å². The number of rotatable bonds is 6. The van der Waals surface area contributed by atoms with E-state index in [4.69, 9.17) is 10.2 Å². The predicted octanol–water partition coefficient (Wildman–Crippen LogP) is 1.84. The first-order valence-electron chi connectivity index (χ1n) is 6.05. The quantitative estimate of drug-likeness (QED) is 0.820. The molecule has 1 unspecified atom stereocenters. The van der Waals surface area contributed by atoms with E-state index in [0.717, 1.165) is 16.7 Å². The molecule has 5 nitrogen and oxygen atoms in total. The summed E-state index contributed by atoms with van der Waals surface area (Å²) in [5.74, 6) is -2.06. The predicted molar refractivity (Wildman–Crippen MR) is 71.2 cm³/mol. The minimum absolute atomic E-state index is 0.259. The lowest BCUT2D eigenvalue weighted by Gasteiger charge is -2.26. The zero-order valence-corrected chi connectivity index (χ0v) is 11.4. The van der Waals surface area contributed by atoms with Crippen LogP contribution in [0.15, 0.2) is 18.2 Å². The molecule has 2 N–H and O–H groups in total. The summed E-state index contributed by atoms with van der Waals surface area (Å²) in [7, 11) is 0. The summed E-state index contributed by atoms with van der Waals surface area (Å²) >= 11 is 0. The van der Waals surface area contributed by atoms with Crippen LogP contribution in [0.3, 0.4) is 0 Å². The van der Waals surface area contributed by atoms with Gasteiger partial charge < -0.3 is 10.2 Å². The summed E-state index contributed by atoms with van der Waals surface area (Å²) in [6.45, 7) is 5.16. The van der Waals surface area contributed by atoms with Crippen molar-refractivity contribution in [3.63, 3.8) is 0 Å². The van der Waals surface area contributed by atoms with Crippen molar-refractivity contribution < 1.29 is 19.8 Å². The maximum atomic E-state index is 10.8. The third kappa shape index (κ3) is 4.71. The smallest absolute Gasteiger partial charge is 0.317 e. The molecule has 0 bridgehead atoms. The lowest BCUT2D eigenvalue weighted by molar-refractivity contribution is -0.142. The molecule has 104 valence electrons. The van der Waals surface area contributed by atoms with Crippen LogP contribution in [-0.4, -0.2) is 40.1 Å². The number of carboxylic acids is 2. The van der Waals surface area contributed by atoms with Gasteiger partial charge in [-0.15, -0.1) is 0 Å². The van der Waals surface area contributed by atoms with Crippen LogP contribution in [0, 0.1) is 13.8 Å². The molecule has 19 heavy (non-hydrogen) atoms. The van der Waals surface area contributed by atoms with E-state index in [1.54, 1.807) is 0 Å². The topological polar surface area (TPSA) is 77.8 Å². The monoisotopic (exact) mass is 265 g/mol. The van der Waals surface area contributed by atoms with Crippen molar-refractivity contribution in [3.8, 4) is 0 Å². The van der Waals surface area contributed by atoms with Gasteiger partial charge in [0, 0.05) is 6.04 Å². The minimum Gasteiger partial charge on any atom is -0.480 e. The summed E-state index contributed by atoms with van der Waals surface area (Å²) in [6.07, 6.45) is 0. The fourth-order valence-corrected chi connectivity index (χ4v) is 2.14. The van der Waals surface area contributed by atoms with E-state index in [9.17, 15) is 9.59 Å². The molecule has 0 saturated heterocycles. The van der Waals surface area contributed by atoms with E-state index in [2.05, 4.69) is 0 Å². The van der Waals surface area contributed by atoms with E-state index >= 15 is 0 Å². The molecular weight excluding hydrogens is 246 g/mol. The molecule has 1 atom stereocenters. The van der Waals surface area contributed by atoms with Crippen molar-refractivity contribution in [2.24, 2.45) is 0 Å². The number of carboxylic acid groups (broad SMARTS) is 2. The lowest BCUT2D eigenvalue weighted by atomic mass is 10.0. The molecule has 5 heteroatoms. The maximum absolute atomic E-state index is 10.8. The van der Waals surface area contributed by atoms with Crippen molar-refractivity contribution >= 4 is 11.9 Å². The molecule has 0 amide bonds. The Morgan fingerprint density at radius 2 is 1.47 bits per heavy atom. The first kappa shape index (κ1) is 15.2. The number of carbonyl (C=O) groups is 2. The average molecular weight is 265 g/mol. The molecule has 0 aliphatic rings. The summed E-state index contributed by atoms with van der Waals surface area (Å²) in [5.41, 5.74) is 3.08. The number of hydrogen-bond donors (Lipinski definition) is 2. The molecule has 0 aliphatic heterocycles. The third-order valence-electron chi connectivity index (χ3n) is 2.95. The van der Waals surface area contributed by atoms with Gasteiger partial charge in [-0.3, -0.25) is 14.5 Å². The number of aryl methyl sites for hydroxylation is 2. The van der Waals surface area contributed by atoms with Gasteiger partial charge in [0.1, 0.15) is 0 Å². The summed E-state index contributed by atoms with van der Waals surface area (Å²) in [6, 6.07) is 5.67. The second-order valence-corrected chi connectivity index (χ2v) is 4.79. The van der Waals surface area contributed by atoms with Crippen molar-refractivity contribution in [3.05, 3.63) is 34.9 Å². The second-order valence-electron chi connectivity index (χ2n) is 4.79. The van der Waals surface area contributed by atoms with Crippen LogP contribution in [0.4, 0.5) is 0 Å². The number of benzene rings is 1. The minimum atomic E-state index is -1.03. The van der Waals surface area contributed by atoms with E-state index in [-0.39, 0.29) is 19.1 Å². The van der Waals surface area contributed by atoms with Crippen molar-refractivity contribution in [2.75, 3.05) is 13.1 Å². The zero-order chi connectivity index (χ0) is 14.6. The molecule has 0 aliphatic carbocycles. The Balaban J connectivity index is 2.99. The van der Waals surface area contributed by atoms with Gasteiger partial charge in [0.05, 0.1) is 13.1 Å². The highest BCUT2D eigenvalue weighted by atomic mass is 16.4. The number of aliphatic carboxylic acids is 2. The fourth-order valence-electron chi connectivity index (χ4n) is 2.14. The molecule has 0 aromatic heterocycles. The van der Waals surface area contributed by atoms with Crippen LogP contribution < -0.4 is 0 Å². The first-order valence-corrected chi connectivity index (χ1v) is 6.05. The standard InChI is InChI=1S/C14H19NO4/c1-9-4-10(2)6-12(5-9)11(3)15(7-13(16)17)8-14(18)19/h4-6,11H,7-8H2,1-3H3,(H,16,17)(H,18,19). The Bertz CT molecular complexity index is 448. The van der Waals surface area contributed by atoms with E-state index in [1.165, 1.54) is 4.90 Å². The summed E-state index contributed by atoms with van der Waals surface area (Å²) in [4.78, 5) is 23.1. The molecule has 0 radical (unpaired) electrons. The molecular formula is C14H19NO4. The Kier molecular flexibility index (Phi) is 5.06. The van der Waals surface area contributed by atoms with Gasteiger partial charge in [-0.2, -0.15) is 0 Å². The average Bonchev–Trinajstić information content (AvgIpc) is 2.24. The van der Waals surface area contributed by atoms with E-state index in [1.807, 2.05) is 39.0 Å². The maximum Gasteiger partial charge on any atom is 0.317 e. The van der Waals surface area contributed by atoms with Crippen LogP contribution in [-0.2, 0) is 9.59 Å². The third-order valence-corrected chi connectivity index (χ3v) is 2.95. The Morgan fingerprint density at radius 1 is 1.05 bits per heavy atom. The van der Waals surface area contributed by atoms with Crippen molar-refractivity contribution in [1.29, 1.82) is 0 Å². The fraction of sp³-hybridized carbons (Fsp3) is 0.429. The van der Waals surface area contributed by atoms with Crippen molar-refractivity contribution in [2.45, 2.75) is 26.8 Å². The molecule has 0 spiro atoms. The van der Waals surface area contributed by atoms with Crippen LogP contribution >= 0.6 is 0 Å². The SMILES string of the molecule is Cc1cc(C)cc(C(C)N(CC(=O)O)CC(=O)O)c1. The highest BCUT2D eigenvalue weighted by Gasteiger charge is 2.21. The van der Waals surface area contributed by atoms with Gasteiger partial charge in [0.15, 0.2) is 0 Å². The number of hydrogen-bond acceptors (Lipinski definition) is 3. The molecule has 1 aromatic carbocycles. The molecule has 1 rings (SSSR count). The highest BCUT2D eigenvalue weighted by molar-refractivity contribution is 5.72. The summed E-state index contributed by atoms with van der Waals surface area (Å²) in [5, 5.41) is 17.7. The highest BCUT2D eigenvalue weighted by Crippen LogP contribution is 2.22. The first-order chi connectivity index (χ1) is 8.79. The van der Waals surface area contributed by atoms with Gasteiger partial charge in [0.25, 0.3) is 0 Å². The lowest BCUT2D eigenvalue weighted by Crippen LogP contribution is -2.36. The van der Waals surface area contributed by atoms with Gasteiger partial charge in [-0.05, 0) is 26.3 Å². The summed E-state index contributed by atoms with van der Waals surface area (Å²) < 4.78 is 0. The second kappa shape index (κ2) is 6.33. The van der Waals surface area contributed by atoms with Gasteiger partial charge in [0.2, 0.25) is 0 Å². The van der Waals surface area contributed by atoms with Gasteiger partial charge in [-0.25, -0.2) is 0 Å². The van der Waals surface area contributed by atoms with Crippen LogP contribution in [0.2, 0.25) is 0 Å². The number of nitrogens with zero attached hydrogens (tertiary/aromatic N) is 1. The normalized spacial score (nSPS) is 12.4. The van der Waals surface area contributed by atoms with Gasteiger partial charge in [-0.1, -0.05) is 29.3 Å². The molecule has 0 heterocycles. The Labute approximate surface area is 112 Å².